The third-order valence-corrected chi connectivity index (χ3v) is 6.19. The van der Waals surface area contributed by atoms with Crippen LogP contribution in [0.15, 0.2) is 0 Å². The van der Waals surface area contributed by atoms with Gasteiger partial charge in [0, 0.05) is 12.6 Å². The summed E-state index contributed by atoms with van der Waals surface area (Å²) in [7, 11) is -3.38. The molecule has 114 valence electrons. The molecule has 0 aromatic rings. The molecule has 0 radical (unpaired) electrons. The third kappa shape index (κ3) is 4.43. The zero-order valence-electron chi connectivity index (χ0n) is 12.9. The highest BCUT2D eigenvalue weighted by Crippen LogP contribution is 2.34. The monoisotopic (exact) mass is 291 g/mol. The van der Waals surface area contributed by atoms with Crippen LogP contribution >= 0.6 is 0 Å². The van der Waals surface area contributed by atoms with Crippen LogP contribution in [-0.4, -0.2) is 41.8 Å². The quantitative estimate of drug-likeness (QED) is 0.782. The molecule has 5 heteroatoms. The Morgan fingerprint density at radius 3 is 2.11 bits per heavy atom. The van der Waals surface area contributed by atoms with E-state index in [9.17, 15) is 13.5 Å². The summed E-state index contributed by atoms with van der Waals surface area (Å²) < 4.78 is 26.2. The minimum Gasteiger partial charge on any atom is -0.395 e. The molecule has 0 bridgehead atoms. The van der Waals surface area contributed by atoms with Crippen LogP contribution in [0.1, 0.15) is 53.9 Å². The number of hydrogen-bond acceptors (Lipinski definition) is 3. The zero-order chi connectivity index (χ0) is 14.8. The van der Waals surface area contributed by atoms with Gasteiger partial charge in [0.1, 0.15) is 0 Å². The molecule has 1 rings (SSSR count). The molecular formula is C14H29NO3S. The van der Waals surface area contributed by atoms with Crippen molar-refractivity contribution in [1.82, 2.24) is 4.31 Å². The van der Waals surface area contributed by atoms with Gasteiger partial charge in [0.25, 0.3) is 0 Å². The number of rotatable bonds is 7. The summed E-state index contributed by atoms with van der Waals surface area (Å²) in [6.45, 7) is 9.77. The lowest BCUT2D eigenvalue weighted by molar-refractivity contribution is 0.162. The Hall–Kier alpha value is -0.130. The Bertz CT molecular complexity index is 380. The molecule has 1 aliphatic rings. The van der Waals surface area contributed by atoms with Crippen molar-refractivity contribution in [2.75, 3.05) is 13.2 Å². The Morgan fingerprint density at radius 1 is 1.26 bits per heavy atom. The van der Waals surface area contributed by atoms with Crippen molar-refractivity contribution >= 4 is 10.0 Å². The lowest BCUT2D eigenvalue weighted by Gasteiger charge is -2.36. The number of aliphatic hydroxyl groups is 1. The van der Waals surface area contributed by atoms with Crippen molar-refractivity contribution in [2.24, 2.45) is 11.8 Å². The second kappa shape index (κ2) is 6.10. The van der Waals surface area contributed by atoms with Crippen molar-refractivity contribution in [3.8, 4) is 0 Å². The largest absolute Gasteiger partial charge is 0.395 e. The van der Waals surface area contributed by atoms with E-state index < -0.39 is 14.8 Å². The standard InChI is InChI=1S/C14H29NO3S/c1-11(2)8-13(10-16)15(9-12-6-7-12)19(17,18)14(3,4)5/h11-13,16H,6-10H2,1-5H3/t13-/m1/s1. The third-order valence-electron chi connectivity index (χ3n) is 3.58. The van der Waals surface area contributed by atoms with Crippen molar-refractivity contribution < 1.29 is 13.5 Å². The van der Waals surface area contributed by atoms with E-state index in [2.05, 4.69) is 13.8 Å². The summed E-state index contributed by atoms with van der Waals surface area (Å²) in [4.78, 5) is 0. The fourth-order valence-electron chi connectivity index (χ4n) is 2.18. The number of hydrogen-bond donors (Lipinski definition) is 1. The van der Waals surface area contributed by atoms with Gasteiger partial charge in [0.15, 0.2) is 0 Å². The van der Waals surface area contributed by atoms with Crippen LogP contribution in [0.5, 0.6) is 0 Å². The van der Waals surface area contributed by atoms with Gasteiger partial charge >= 0.3 is 0 Å². The lowest BCUT2D eigenvalue weighted by atomic mass is 10.0. The van der Waals surface area contributed by atoms with Gasteiger partial charge in [-0.15, -0.1) is 0 Å². The molecule has 0 aliphatic heterocycles. The molecule has 0 spiro atoms. The first kappa shape index (κ1) is 16.9. The predicted molar refractivity (Wildman–Crippen MR) is 78.4 cm³/mol. The van der Waals surface area contributed by atoms with Crippen molar-refractivity contribution in [1.29, 1.82) is 0 Å². The van der Waals surface area contributed by atoms with Gasteiger partial charge in [-0.05, 0) is 51.9 Å². The van der Waals surface area contributed by atoms with E-state index in [0.29, 0.717) is 24.8 Å². The van der Waals surface area contributed by atoms with E-state index in [1.54, 1.807) is 25.1 Å². The molecule has 0 aromatic carbocycles. The molecule has 1 aliphatic carbocycles. The van der Waals surface area contributed by atoms with Crippen LogP contribution < -0.4 is 0 Å². The van der Waals surface area contributed by atoms with Gasteiger partial charge in [-0.2, -0.15) is 4.31 Å². The average molecular weight is 291 g/mol. The fraction of sp³-hybridized carbons (Fsp3) is 1.00. The number of aliphatic hydroxyl groups excluding tert-OH is 1. The molecule has 1 atom stereocenters. The smallest absolute Gasteiger partial charge is 0.219 e. The van der Waals surface area contributed by atoms with Gasteiger partial charge in [-0.3, -0.25) is 0 Å². The Balaban J connectivity index is 2.98. The Kier molecular flexibility index (Phi) is 5.43. The van der Waals surface area contributed by atoms with Gasteiger partial charge in [-0.1, -0.05) is 13.8 Å². The van der Waals surface area contributed by atoms with E-state index >= 15 is 0 Å². The second-order valence-electron chi connectivity index (χ2n) is 7.10. The summed E-state index contributed by atoms with van der Waals surface area (Å²) in [6.07, 6.45) is 2.92. The van der Waals surface area contributed by atoms with Gasteiger partial charge in [0.2, 0.25) is 10.0 Å². The first-order valence-electron chi connectivity index (χ1n) is 7.21. The Labute approximate surface area is 118 Å². The topological polar surface area (TPSA) is 57.6 Å². The van der Waals surface area contributed by atoms with Crippen LogP contribution in [0.3, 0.4) is 0 Å². The van der Waals surface area contributed by atoms with Crippen molar-refractivity contribution in [3.63, 3.8) is 0 Å². The molecule has 0 unspecified atom stereocenters. The minimum absolute atomic E-state index is 0.0970. The van der Waals surface area contributed by atoms with Crippen LogP contribution in [0, 0.1) is 11.8 Å². The normalized spacial score (nSPS) is 19.2. The van der Waals surface area contributed by atoms with Crippen LogP contribution in [0.4, 0.5) is 0 Å². The van der Waals surface area contributed by atoms with Crippen LogP contribution in [-0.2, 0) is 10.0 Å². The minimum atomic E-state index is -3.38. The maximum atomic E-state index is 12.7. The molecule has 1 saturated carbocycles. The number of nitrogens with zero attached hydrogens (tertiary/aromatic N) is 1. The van der Waals surface area contributed by atoms with Crippen LogP contribution in [0.2, 0.25) is 0 Å². The zero-order valence-corrected chi connectivity index (χ0v) is 13.7. The highest BCUT2D eigenvalue weighted by Gasteiger charge is 2.41. The van der Waals surface area contributed by atoms with E-state index in [1.807, 2.05) is 0 Å². The molecule has 0 heterocycles. The predicted octanol–water partition coefficient (Wildman–Crippen LogP) is 2.23. The lowest BCUT2D eigenvalue weighted by Crippen LogP contribution is -2.50. The maximum absolute atomic E-state index is 12.7. The molecular weight excluding hydrogens is 262 g/mol. The molecule has 4 nitrogen and oxygen atoms in total. The van der Waals surface area contributed by atoms with E-state index in [-0.39, 0.29) is 12.6 Å². The highest BCUT2D eigenvalue weighted by molar-refractivity contribution is 7.90. The highest BCUT2D eigenvalue weighted by atomic mass is 32.2. The molecule has 0 saturated heterocycles. The fourth-order valence-corrected chi connectivity index (χ4v) is 3.83. The van der Waals surface area contributed by atoms with Crippen molar-refractivity contribution in [2.45, 2.75) is 64.7 Å². The SMILES string of the molecule is CC(C)C[C@H](CO)N(CC1CC1)S(=O)(=O)C(C)(C)C. The summed E-state index contributed by atoms with van der Waals surface area (Å²) in [5.74, 6) is 0.854. The van der Waals surface area contributed by atoms with E-state index in [0.717, 1.165) is 12.8 Å². The summed E-state index contributed by atoms with van der Waals surface area (Å²) in [5.41, 5.74) is 0. The molecule has 0 amide bonds. The van der Waals surface area contributed by atoms with E-state index in [4.69, 9.17) is 0 Å². The summed E-state index contributed by atoms with van der Waals surface area (Å²) in [6, 6.07) is -0.287. The maximum Gasteiger partial charge on any atom is 0.219 e. The van der Waals surface area contributed by atoms with Crippen molar-refractivity contribution in [3.05, 3.63) is 0 Å². The number of sulfonamides is 1. The average Bonchev–Trinajstić information content (AvgIpc) is 3.04. The van der Waals surface area contributed by atoms with Gasteiger partial charge in [-0.25, -0.2) is 8.42 Å². The van der Waals surface area contributed by atoms with Crippen LogP contribution in [0.25, 0.3) is 0 Å². The molecule has 1 N–H and O–H groups in total. The first-order valence-corrected chi connectivity index (χ1v) is 8.65. The first-order chi connectivity index (χ1) is 8.59. The summed E-state index contributed by atoms with van der Waals surface area (Å²) in [5, 5.41) is 9.60. The van der Waals surface area contributed by atoms with E-state index in [1.165, 1.54) is 0 Å². The Morgan fingerprint density at radius 2 is 1.79 bits per heavy atom. The molecule has 0 aromatic heterocycles. The second-order valence-corrected chi connectivity index (χ2v) is 9.74. The molecule has 1 fully saturated rings. The van der Waals surface area contributed by atoms with Gasteiger partial charge < -0.3 is 5.11 Å². The van der Waals surface area contributed by atoms with Gasteiger partial charge in [0.05, 0.1) is 11.4 Å². The summed E-state index contributed by atoms with van der Waals surface area (Å²) >= 11 is 0. The molecule has 19 heavy (non-hydrogen) atoms.